The molecule has 4 aromatic carbocycles. The Bertz CT molecular complexity index is 2010. The molecule has 1 radical (unpaired) electrons. The van der Waals surface area contributed by atoms with E-state index in [0.29, 0.717) is 5.92 Å². The standard InChI is InChI=1S/C21H19N2.C20H18N.Ir/c1-15(2)14-23-20-9-4-3-7-17(20)18-11-10-16(13-21(18)23)19-8-5-6-12-22-19;1-3-16-13-20(18-12-8-7-9-15(18)2)21-14-19(16)17-10-5-4-6-11-17;/h3-9,11-13,15H,14H2,1-2H3;4-14H,2-3H2,1H3;/q2*-1;. The fourth-order valence-corrected chi connectivity index (χ4v) is 5.80. The summed E-state index contributed by atoms with van der Waals surface area (Å²) in [4.78, 5) is 9.11. The molecule has 0 N–H and O–H groups in total. The van der Waals surface area contributed by atoms with Gasteiger partial charge in [0.05, 0.1) is 0 Å². The van der Waals surface area contributed by atoms with Gasteiger partial charge in [0, 0.05) is 55.8 Å². The molecular formula is C41H37IrN3-2. The van der Waals surface area contributed by atoms with E-state index in [1.54, 1.807) is 0 Å². The average molecular weight is 764 g/mol. The maximum Gasteiger partial charge on any atom is 0.0383 e. The van der Waals surface area contributed by atoms with Crippen LogP contribution in [0.25, 0.3) is 55.4 Å². The molecule has 0 aliphatic heterocycles. The van der Waals surface area contributed by atoms with Crippen LogP contribution in [0.5, 0.6) is 0 Å². The van der Waals surface area contributed by atoms with Crippen molar-refractivity contribution in [3.8, 4) is 33.6 Å². The van der Waals surface area contributed by atoms with Crippen LogP contribution in [0.15, 0.2) is 128 Å². The first kappa shape index (κ1) is 31.9. The Labute approximate surface area is 280 Å². The number of para-hydroxylation sites is 1. The van der Waals surface area contributed by atoms with E-state index in [-0.39, 0.29) is 20.1 Å². The summed E-state index contributed by atoms with van der Waals surface area (Å²) in [6.07, 6.45) is 4.80. The third-order valence-electron chi connectivity index (χ3n) is 7.94. The Morgan fingerprint density at radius 2 is 1.47 bits per heavy atom. The van der Waals surface area contributed by atoms with Crippen molar-refractivity contribution in [3.05, 3.63) is 152 Å². The first-order valence-electron chi connectivity index (χ1n) is 15.3. The van der Waals surface area contributed by atoms with E-state index < -0.39 is 0 Å². The van der Waals surface area contributed by atoms with Crippen molar-refractivity contribution in [1.82, 2.24) is 14.5 Å². The van der Waals surface area contributed by atoms with E-state index in [4.69, 9.17) is 0 Å². The number of aromatic nitrogens is 3. The van der Waals surface area contributed by atoms with Crippen LogP contribution in [-0.4, -0.2) is 14.5 Å². The minimum atomic E-state index is 0. The van der Waals surface area contributed by atoms with Crippen LogP contribution in [0.3, 0.4) is 0 Å². The molecule has 3 aromatic heterocycles. The van der Waals surface area contributed by atoms with Gasteiger partial charge in [0.2, 0.25) is 0 Å². The van der Waals surface area contributed by atoms with Crippen molar-refractivity contribution in [1.29, 1.82) is 0 Å². The number of fused-ring (bicyclic) bond motifs is 3. The van der Waals surface area contributed by atoms with Crippen LogP contribution in [-0.2, 0) is 33.1 Å². The van der Waals surface area contributed by atoms with E-state index >= 15 is 0 Å². The van der Waals surface area contributed by atoms with E-state index in [1.165, 1.54) is 38.5 Å². The van der Waals surface area contributed by atoms with Crippen molar-refractivity contribution in [3.63, 3.8) is 0 Å². The van der Waals surface area contributed by atoms with Gasteiger partial charge < -0.3 is 9.55 Å². The summed E-state index contributed by atoms with van der Waals surface area (Å²) in [7, 11) is 0. The van der Waals surface area contributed by atoms with Gasteiger partial charge in [0.15, 0.2) is 0 Å². The van der Waals surface area contributed by atoms with Gasteiger partial charge in [-0.2, -0.15) is 18.6 Å². The molecule has 0 amide bonds. The Morgan fingerprint density at radius 3 is 2.20 bits per heavy atom. The normalized spacial score (nSPS) is 10.8. The smallest absolute Gasteiger partial charge is 0.0383 e. The number of aryl methyl sites for hydroxylation is 1. The Kier molecular flexibility index (Phi) is 10.3. The molecule has 0 aliphatic rings. The summed E-state index contributed by atoms with van der Waals surface area (Å²) in [5.74, 6) is 0.594. The summed E-state index contributed by atoms with van der Waals surface area (Å²) < 4.78 is 2.43. The zero-order valence-electron chi connectivity index (χ0n) is 26.0. The van der Waals surface area contributed by atoms with Crippen LogP contribution < -0.4 is 0 Å². The van der Waals surface area contributed by atoms with Gasteiger partial charge in [0.1, 0.15) is 0 Å². The Balaban J connectivity index is 0.000000175. The molecule has 0 bridgehead atoms. The number of benzene rings is 4. The number of rotatable bonds is 6. The molecule has 0 saturated heterocycles. The summed E-state index contributed by atoms with van der Waals surface area (Å²) in [5.41, 5.74) is 11.4. The minimum absolute atomic E-state index is 0. The van der Waals surface area contributed by atoms with E-state index in [1.807, 2.05) is 54.9 Å². The van der Waals surface area contributed by atoms with Gasteiger partial charge in [-0.1, -0.05) is 92.9 Å². The van der Waals surface area contributed by atoms with Crippen LogP contribution in [0.2, 0.25) is 0 Å². The fraction of sp³-hybridized carbons (Fsp3) is 0.146. The number of hydrogen-bond donors (Lipinski definition) is 0. The summed E-state index contributed by atoms with van der Waals surface area (Å²) in [6, 6.07) is 43.1. The van der Waals surface area contributed by atoms with Crippen LogP contribution in [0.4, 0.5) is 0 Å². The molecule has 0 saturated carbocycles. The zero-order chi connectivity index (χ0) is 30.5. The Hall–Kier alpha value is -4.50. The fourth-order valence-electron chi connectivity index (χ4n) is 5.80. The number of nitrogens with zero attached hydrogens (tertiary/aromatic N) is 3. The van der Waals surface area contributed by atoms with E-state index in [2.05, 4.69) is 121 Å². The molecule has 227 valence electrons. The maximum atomic E-state index is 4.65. The first-order chi connectivity index (χ1) is 21.5. The third-order valence-corrected chi connectivity index (χ3v) is 7.94. The molecule has 0 atom stereocenters. The van der Waals surface area contributed by atoms with Gasteiger partial charge in [-0.05, 0) is 58.3 Å². The number of pyridine rings is 2. The van der Waals surface area contributed by atoms with Crippen molar-refractivity contribution in [2.75, 3.05) is 0 Å². The SMILES string of the molecule is CC(C)Cn1c2ccccc2c2c[c-]c(-c3ccccn3)cc21.[CH2-]c1ccccc1-c1cc(CC)c(-c2ccccc2)cn1.[Ir]. The molecule has 7 rings (SSSR count). The predicted octanol–water partition coefficient (Wildman–Crippen LogP) is 10.5. The predicted molar refractivity (Wildman–Crippen MR) is 185 cm³/mol. The second-order valence-electron chi connectivity index (χ2n) is 11.5. The summed E-state index contributed by atoms with van der Waals surface area (Å²) in [6.45, 7) is 11.8. The van der Waals surface area contributed by atoms with Gasteiger partial charge in [0.25, 0.3) is 0 Å². The average Bonchev–Trinajstić information content (AvgIpc) is 3.38. The molecule has 4 heteroatoms. The monoisotopic (exact) mass is 764 g/mol. The zero-order valence-corrected chi connectivity index (χ0v) is 28.4. The second kappa shape index (κ2) is 14.5. The molecule has 3 heterocycles. The molecule has 45 heavy (non-hydrogen) atoms. The third kappa shape index (κ3) is 6.93. The quantitative estimate of drug-likeness (QED) is 0.158. The first-order valence-corrected chi connectivity index (χ1v) is 15.3. The summed E-state index contributed by atoms with van der Waals surface area (Å²) in [5, 5.41) is 2.56. The number of hydrogen-bond acceptors (Lipinski definition) is 2. The van der Waals surface area contributed by atoms with Crippen LogP contribution in [0.1, 0.15) is 31.9 Å². The summed E-state index contributed by atoms with van der Waals surface area (Å²) >= 11 is 0. The van der Waals surface area contributed by atoms with Crippen molar-refractivity contribution >= 4 is 21.8 Å². The second-order valence-corrected chi connectivity index (χ2v) is 11.5. The molecular weight excluding hydrogens is 727 g/mol. The van der Waals surface area contributed by atoms with Gasteiger partial charge in [-0.3, -0.25) is 4.98 Å². The molecule has 3 nitrogen and oxygen atoms in total. The van der Waals surface area contributed by atoms with E-state index in [0.717, 1.165) is 41.0 Å². The largest absolute Gasteiger partial charge is 0.358 e. The minimum Gasteiger partial charge on any atom is -0.358 e. The van der Waals surface area contributed by atoms with Crippen molar-refractivity contribution in [2.45, 2.75) is 33.7 Å². The van der Waals surface area contributed by atoms with Gasteiger partial charge in [-0.25, -0.2) is 0 Å². The Morgan fingerprint density at radius 1 is 0.733 bits per heavy atom. The molecule has 0 aliphatic carbocycles. The maximum absolute atomic E-state index is 4.65. The molecule has 0 spiro atoms. The van der Waals surface area contributed by atoms with Crippen molar-refractivity contribution < 1.29 is 20.1 Å². The van der Waals surface area contributed by atoms with Crippen LogP contribution >= 0.6 is 0 Å². The molecule has 7 aromatic rings. The van der Waals surface area contributed by atoms with Crippen molar-refractivity contribution in [2.24, 2.45) is 5.92 Å². The molecule has 0 fully saturated rings. The van der Waals surface area contributed by atoms with E-state index in [9.17, 15) is 0 Å². The topological polar surface area (TPSA) is 30.7 Å². The van der Waals surface area contributed by atoms with Gasteiger partial charge in [-0.15, -0.1) is 41.5 Å². The van der Waals surface area contributed by atoms with Crippen LogP contribution in [0, 0.1) is 18.9 Å². The van der Waals surface area contributed by atoms with Gasteiger partial charge >= 0.3 is 0 Å². The molecule has 0 unspecified atom stereocenters.